The lowest BCUT2D eigenvalue weighted by molar-refractivity contribution is -0.125. The lowest BCUT2D eigenvalue weighted by Crippen LogP contribution is -2.46. The quantitative estimate of drug-likeness (QED) is 0.616. The monoisotopic (exact) mass is 184 g/mol. The van der Waals surface area contributed by atoms with Crippen LogP contribution >= 0.6 is 0 Å². The first kappa shape index (κ1) is 11.7. The van der Waals surface area contributed by atoms with Crippen molar-refractivity contribution in [2.24, 2.45) is 0 Å². The van der Waals surface area contributed by atoms with E-state index in [1.165, 1.54) is 0 Å². The number of hydrogen-bond donors (Lipinski definition) is 2. The van der Waals surface area contributed by atoms with E-state index in [1.807, 2.05) is 13.8 Å². The molecule has 1 rings (SSSR count). The molecule has 13 heavy (non-hydrogen) atoms. The van der Waals surface area contributed by atoms with Gasteiger partial charge in [-0.15, -0.1) is 0 Å². The molecule has 2 N–H and O–H groups in total. The van der Waals surface area contributed by atoms with E-state index in [0.717, 1.165) is 12.1 Å². The minimum absolute atomic E-state index is 0.173. The highest BCUT2D eigenvalue weighted by Gasteiger charge is 2.22. The zero-order chi connectivity index (χ0) is 10.3. The predicted octanol–water partition coefficient (Wildman–Crippen LogP) is 0.551. The molecule has 1 aliphatic rings. The molecule has 4 nitrogen and oxygen atoms in total. The molecule has 2 amide bonds. The minimum atomic E-state index is -0.377. The molecule has 0 spiro atoms. The second-order valence-electron chi connectivity index (χ2n) is 2.47. The van der Waals surface area contributed by atoms with Gasteiger partial charge in [0.1, 0.15) is 6.04 Å². The maximum Gasteiger partial charge on any atom is 0.246 e. The average molecular weight is 184 g/mol. The van der Waals surface area contributed by atoms with Crippen molar-refractivity contribution in [3.63, 3.8) is 0 Å². The Hall–Kier alpha value is -1.32. The molecule has 0 radical (unpaired) electrons. The van der Waals surface area contributed by atoms with Crippen molar-refractivity contribution in [1.29, 1.82) is 0 Å². The lowest BCUT2D eigenvalue weighted by atomic mass is 10.1. The summed E-state index contributed by atoms with van der Waals surface area (Å²) < 4.78 is 0. The van der Waals surface area contributed by atoms with Gasteiger partial charge in [0.25, 0.3) is 0 Å². The van der Waals surface area contributed by atoms with Gasteiger partial charge < -0.3 is 10.6 Å². The summed E-state index contributed by atoms with van der Waals surface area (Å²) in [6.45, 7) is 7.61. The number of allylic oxidation sites excluding steroid dienone is 1. The number of nitrogens with one attached hydrogen (secondary N) is 2. The smallest absolute Gasteiger partial charge is 0.246 e. The summed E-state index contributed by atoms with van der Waals surface area (Å²) in [4.78, 5) is 21.0. The van der Waals surface area contributed by atoms with Crippen molar-refractivity contribution in [1.82, 2.24) is 10.6 Å². The highest BCUT2D eigenvalue weighted by molar-refractivity contribution is 5.85. The van der Waals surface area contributed by atoms with Gasteiger partial charge in [0.2, 0.25) is 12.3 Å². The molecule has 0 bridgehead atoms. The van der Waals surface area contributed by atoms with E-state index in [0.29, 0.717) is 12.8 Å². The summed E-state index contributed by atoms with van der Waals surface area (Å²) in [7, 11) is 0. The predicted molar refractivity (Wildman–Crippen MR) is 50.9 cm³/mol. The summed E-state index contributed by atoms with van der Waals surface area (Å²) >= 11 is 0. The lowest BCUT2D eigenvalue weighted by Gasteiger charge is -2.22. The summed E-state index contributed by atoms with van der Waals surface area (Å²) in [5.74, 6) is -0.173. The van der Waals surface area contributed by atoms with E-state index in [9.17, 15) is 9.59 Å². The molecular formula is C9H16N2O2. The zero-order valence-corrected chi connectivity index (χ0v) is 8.09. The van der Waals surface area contributed by atoms with Gasteiger partial charge in [-0.2, -0.15) is 0 Å². The standard InChI is InChI=1S/C7H10N2O2.C2H6/c1-5-2-3-6(8-4-10)7(11)9-5;1-2/h4,6H,1-3H2,(H,8,10)(H,9,11);1-2H3. The third kappa shape index (κ3) is 3.73. The first-order chi connectivity index (χ1) is 6.24. The summed E-state index contributed by atoms with van der Waals surface area (Å²) in [6.07, 6.45) is 1.92. The SMILES string of the molecule is C=C1CCC(NC=O)C(=O)N1.CC. The van der Waals surface area contributed by atoms with Gasteiger partial charge in [-0.3, -0.25) is 9.59 Å². The Kier molecular flexibility index (Phi) is 5.59. The second-order valence-corrected chi connectivity index (χ2v) is 2.47. The fourth-order valence-corrected chi connectivity index (χ4v) is 1.01. The van der Waals surface area contributed by atoms with Gasteiger partial charge in [-0.1, -0.05) is 20.4 Å². The van der Waals surface area contributed by atoms with Gasteiger partial charge in [-0.25, -0.2) is 0 Å². The maximum atomic E-state index is 11.0. The third-order valence-corrected chi connectivity index (χ3v) is 1.62. The molecule has 1 aliphatic heterocycles. The molecule has 1 fully saturated rings. The fraction of sp³-hybridized carbons (Fsp3) is 0.556. The Morgan fingerprint density at radius 1 is 1.62 bits per heavy atom. The molecule has 0 aliphatic carbocycles. The fourth-order valence-electron chi connectivity index (χ4n) is 1.01. The molecule has 0 saturated carbocycles. The zero-order valence-electron chi connectivity index (χ0n) is 8.09. The number of carbonyl (C=O) groups is 2. The van der Waals surface area contributed by atoms with E-state index in [-0.39, 0.29) is 11.9 Å². The number of rotatable bonds is 2. The summed E-state index contributed by atoms with van der Waals surface area (Å²) in [5.41, 5.74) is 0.721. The first-order valence-corrected chi connectivity index (χ1v) is 4.42. The molecule has 1 atom stereocenters. The number of carbonyl (C=O) groups excluding carboxylic acids is 2. The Balaban J connectivity index is 0.000000671. The number of piperidine rings is 1. The summed E-state index contributed by atoms with van der Waals surface area (Å²) in [5, 5.41) is 4.98. The van der Waals surface area contributed by atoms with Crippen molar-refractivity contribution in [3.05, 3.63) is 12.3 Å². The minimum Gasteiger partial charge on any atom is -0.347 e. The molecule has 0 aromatic rings. The Morgan fingerprint density at radius 3 is 2.69 bits per heavy atom. The van der Waals surface area contributed by atoms with Crippen LogP contribution in [0.25, 0.3) is 0 Å². The van der Waals surface area contributed by atoms with Crippen LogP contribution in [0.3, 0.4) is 0 Å². The molecule has 1 unspecified atom stereocenters. The molecular weight excluding hydrogens is 168 g/mol. The molecule has 1 heterocycles. The Bertz CT molecular complexity index is 202. The van der Waals surface area contributed by atoms with Gasteiger partial charge in [0.15, 0.2) is 0 Å². The molecule has 0 aromatic carbocycles. The molecule has 74 valence electrons. The van der Waals surface area contributed by atoms with E-state index in [2.05, 4.69) is 17.2 Å². The van der Waals surface area contributed by atoms with Crippen LogP contribution in [0.5, 0.6) is 0 Å². The van der Waals surface area contributed by atoms with Crippen molar-refractivity contribution in [2.45, 2.75) is 32.7 Å². The van der Waals surface area contributed by atoms with Crippen molar-refractivity contribution >= 4 is 12.3 Å². The van der Waals surface area contributed by atoms with E-state index >= 15 is 0 Å². The maximum absolute atomic E-state index is 11.0. The van der Waals surface area contributed by atoms with Crippen molar-refractivity contribution in [3.8, 4) is 0 Å². The van der Waals surface area contributed by atoms with Gasteiger partial charge in [0, 0.05) is 5.70 Å². The van der Waals surface area contributed by atoms with Crippen LogP contribution in [0, 0.1) is 0 Å². The highest BCUT2D eigenvalue weighted by atomic mass is 16.2. The number of amides is 2. The van der Waals surface area contributed by atoms with Crippen molar-refractivity contribution < 1.29 is 9.59 Å². The Morgan fingerprint density at radius 2 is 2.23 bits per heavy atom. The van der Waals surface area contributed by atoms with Gasteiger partial charge >= 0.3 is 0 Å². The van der Waals surface area contributed by atoms with Crippen LogP contribution in [-0.4, -0.2) is 18.4 Å². The van der Waals surface area contributed by atoms with Gasteiger partial charge in [0.05, 0.1) is 0 Å². The second kappa shape index (κ2) is 6.22. The third-order valence-electron chi connectivity index (χ3n) is 1.62. The van der Waals surface area contributed by atoms with E-state index in [4.69, 9.17) is 0 Å². The van der Waals surface area contributed by atoms with Crippen LogP contribution in [0.4, 0.5) is 0 Å². The van der Waals surface area contributed by atoms with Crippen molar-refractivity contribution in [2.75, 3.05) is 0 Å². The largest absolute Gasteiger partial charge is 0.347 e. The molecule has 0 aromatic heterocycles. The highest BCUT2D eigenvalue weighted by Crippen LogP contribution is 2.09. The summed E-state index contributed by atoms with van der Waals surface area (Å²) in [6, 6.07) is -0.377. The Labute approximate surface area is 78.4 Å². The average Bonchev–Trinajstić information content (AvgIpc) is 2.14. The number of hydrogen-bond acceptors (Lipinski definition) is 2. The van der Waals surface area contributed by atoms with Crippen LogP contribution in [0.15, 0.2) is 12.3 Å². The van der Waals surface area contributed by atoms with E-state index in [1.54, 1.807) is 0 Å². The molecule has 1 saturated heterocycles. The normalized spacial score (nSPS) is 20.9. The first-order valence-electron chi connectivity index (χ1n) is 4.42. The van der Waals surface area contributed by atoms with E-state index < -0.39 is 0 Å². The van der Waals surface area contributed by atoms with Crippen LogP contribution in [0.2, 0.25) is 0 Å². The van der Waals surface area contributed by atoms with Crippen LogP contribution in [0.1, 0.15) is 26.7 Å². The van der Waals surface area contributed by atoms with Crippen LogP contribution in [-0.2, 0) is 9.59 Å². The topological polar surface area (TPSA) is 58.2 Å². The molecule has 4 heteroatoms. The van der Waals surface area contributed by atoms with Gasteiger partial charge in [-0.05, 0) is 12.8 Å². The van der Waals surface area contributed by atoms with Crippen LogP contribution < -0.4 is 10.6 Å².